The van der Waals surface area contributed by atoms with Gasteiger partial charge in [0.1, 0.15) is 5.76 Å². The second-order valence-electron chi connectivity index (χ2n) is 5.89. The number of nitrogens with one attached hydrogen (secondary N) is 1. The molecule has 0 aliphatic rings. The largest absolute Gasteiger partial charge is 0.492 e. The molecule has 0 radical (unpaired) electrons. The molecule has 150 valence electrons. The van der Waals surface area contributed by atoms with E-state index in [1.54, 1.807) is 24.5 Å². The molecule has 0 aliphatic heterocycles. The van der Waals surface area contributed by atoms with Crippen molar-refractivity contribution < 1.29 is 23.1 Å². The van der Waals surface area contributed by atoms with Crippen LogP contribution in [0.5, 0.6) is 5.75 Å². The maximum absolute atomic E-state index is 14.9. The number of hydrogen-bond donors (Lipinski definition) is 1. The Morgan fingerprint density at radius 2 is 2.17 bits per heavy atom. The van der Waals surface area contributed by atoms with Crippen molar-refractivity contribution in [3.63, 3.8) is 0 Å². The number of hydrogen-bond acceptors (Lipinski definition) is 6. The molecule has 0 atom stereocenters. The number of nitrogens with zero attached hydrogens (tertiary/aromatic N) is 1. The number of pyridine rings is 1. The van der Waals surface area contributed by atoms with Gasteiger partial charge in [0.15, 0.2) is 17.3 Å². The third kappa shape index (κ3) is 4.09. The summed E-state index contributed by atoms with van der Waals surface area (Å²) in [5.74, 6) is -0.795. The van der Waals surface area contributed by atoms with Gasteiger partial charge in [0.2, 0.25) is 0 Å². The summed E-state index contributed by atoms with van der Waals surface area (Å²) in [5.41, 5.74) is 1.25. The number of ether oxygens (including phenoxy) is 2. The highest BCUT2D eigenvalue weighted by molar-refractivity contribution is 6.32. The normalized spacial score (nSPS) is 10.5. The van der Waals surface area contributed by atoms with E-state index in [1.807, 2.05) is 0 Å². The van der Waals surface area contributed by atoms with Gasteiger partial charge < -0.3 is 19.2 Å². The molecule has 1 aromatic carbocycles. The zero-order valence-electron chi connectivity index (χ0n) is 15.8. The van der Waals surface area contributed by atoms with Crippen molar-refractivity contribution in [1.29, 1.82) is 0 Å². The predicted molar refractivity (Wildman–Crippen MR) is 109 cm³/mol. The van der Waals surface area contributed by atoms with Crippen LogP contribution in [0.3, 0.4) is 0 Å². The van der Waals surface area contributed by atoms with Crippen LogP contribution >= 0.6 is 11.6 Å². The van der Waals surface area contributed by atoms with Gasteiger partial charge in [-0.05, 0) is 30.3 Å². The van der Waals surface area contributed by atoms with E-state index in [0.717, 1.165) is 0 Å². The molecule has 8 heteroatoms. The van der Waals surface area contributed by atoms with Crippen molar-refractivity contribution in [1.82, 2.24) is 4.98 Å². The number of carbonyl (C=O) groups excluding carboxylic acids is 1. The van der Waals surface area contributed by atoms with E-state index in [4.69, 9.17) is 25.5 Å². The zero-order chi connectivity index (χ0) is 21.0. The lowest BCUT2D eigenvalue weighted by molar-refractivity contribution is 0.0594. The van der Waals surface area contributed by atoms with Gasteiger partial charge in [-0.1, -0.05) is 24.3 Å². The van der Waals surface area contributed by atoms with Gasteiger partial charge in [0.25, 0.3) is 0 Å². The molecule has 3 aromatic rings. The second kappa shape index (κ2) is 8.79. The summed E-state index contributed by atoms with van der Waals surface area (Å²) in [6, 6.07) is 8.13. The Morgan fingerprint density at radius 3 is 2.79 bits per heavy atom. The second-order valence-corrected chi connectivity index (χ2v) is 6.30. The standard InChI is InChI=1S/C21H18ClFN2O4/c1-4-13-16(24-11-12-6-5-9-29-12)10-17(25-19(13)21(26)28-3)14-7-8-15(22)20(27-2)18(14)23/h4-10H,1,11H2,2-3H3,(H,24,25). The van der Waals surface area contributed by atoms with Crippen LogP contribution in [0, 0.1) is 5.82 Å². The van der Waals surface area contributed by atoms with Crippen LogP contribution in [0.4, 0.5) is 10.1 Å². The van der Waals surface area contributed by atoms with Crippen LogP contribution in [0.25, 0.3) is 17.3 Å². The van der Waals surface area contributed by atoms with Crippen LogP contribution in [0.1, 0.15) is 21.8 Å². The summed E-state index contributed by atoms with van der Waals surface area (Å²) in [7, 11) is 2.56. The average Bonchev–Trinajstić information content (AvgIpc) is 3.25. The smallest absolute Gasteiger partial charge is 0.357 e. The first kappa shape index (κ1) is 20.4. The van der Waals surface area contributed by atoms with Gasteiger partial charge in [0, 0.05) is 16.8 Å². The van der Waals surface area contributed by atoms with Gasteiger partial charge in [0.05, 0.1) is 37.7 Å². The lowest BCUT2D eigenvalue weighted by Crippen LogP contribution is -2.11. The monoisotopic (exact) mass is 416 g/mol. The minimum atomic E-state index is -0.688. The van der Waals surface area contributed by atoms with Crippen molar-refractivity contribution in [3.05, 3.63) is 71.0 Å². The third-order valence-electron chi connectivity index (χ3n) is 4.20. The van der Waals surface area contributed by atoms with E-state index >= 15 is 0 Å². The number of carbonyl (C=O) groups is 1. The van der Waals surface area contributed by atoms with Crippen molar-refractivity contribution in [2.45, 2.75) is 6.54 Å². The Labute approximate surface area is 171 Å². The Balaban J connectivity index is 2.16. The molecular weight excluding hydrogens is 399 g/mol. The highest BCUT2D eigenvalue weighted by Crippen LogP contribution is 2.36. The Kier molecular flexibility index (Phi) is 6.19. The molecule has 0 saturated heterocycles. The van der Waals surface area contributed by atoms with Crippen molar-refractivity contribution in [3.8, 4) is 17.0 Å². The summed E-state index contributed by atoms with van der Waals surface area (Å²) < 4.78 is 30.1. The molecular formula is C21H18ClFN2O4. The van der Waals surface area contributed by atoms with Gasteiger partial charge in [-0.3, -0.25) is 0 Å². The number of halogens is 2. The van der Waals surface area contributed by atoms with E-state index in [0.29, 0.717) is 23.6 Å². The van der Waals surface area contributed by atoms with Gasteiger partial charge >= 0.3 is 5.97 Å². The molecule has 1 N–H and O–H groups in total. The fourth-order valence-corrected chi connectivity index (χ4v) is 3.03. The number of benzene rings is 1. The van der Waals surface area contributed by atoms with E-state index < -0.39 is 11.8 Å². The van der Waals surface area contributed by atoms with E-state index in [-0.39, 0.29) is 27.7 Å². The topological polar surface area (TPSA) is 73.6 Å². The molecule has 2 aromatic heterocycles. The van der Waals surface area contributed by atoms with Crippen molar-refractivity contribution in [2.75, 3.05) is 19.5 Å². The minimum Gasteiger partial charge on any atom is -0.492 e. The molecule has 3 rings (SSSR count). The number of methoxy groups -OCH3 is 2. The fraction of sp³-hybridized carbons (Fsp3) is 0.143. The molecule has 2 heterocycles. The lowest BCUT2D eigenvalue weighted by atomic mass is 10.0. The van der Waals surface area contributed by atoms with Crippen LogP contribution in [0.2, 0.25) is 5.02 Å². The molecule has 29 heavy (non-hydrogen) atoms. The summed E-state index contributed by atoms with van der Waals surface area (Å²) in [6.07, 6.45) is 3.03. The first-order chi connectivity index (χ1) is 14.0. The first-order valence-electron chi connectivity index (χ1n) is 8.54. The minimum absolute atomic E-state index is 0.00439. The number of esters is 1. The molecule has 0 bridgehead atoms. The highest BCUT2D eigenvalue weighted by Gasteiger charge is 2.22. The third-order valence-corrected chi connectivity index (χ3v) is 4.50. The SMILES string of the molecule is C=Cc1c(NCc2ccco2)cc(-c2ccc(Cl)c(OC)c2F)nc1C(=O)OC. The summed E-state index contributed by atoms with van der Waals surface area (Å²) in [4.78, 5) is 16.6. The van der Waals surface area contributed by atoms with Crippen molar-refractivity contribution in [2.24, 2.45) is 0 Å². The number of furan rings is 1. The van der Waals surface area contributed by atoms with Gasteiger partial charge in [-0.25, -0.2) is 14.2 Å². The Bertz CT molecular complexity index is 1050. The number of anilines is 1. The van der Waals surface area contributed by atoms with E-state index in [1.165, 1.54) is 32.4 Å². The molecule has 0 amide bonds. The average molecular weight is 417 g/mol. The summed E-state index contributed by atoms with van der Waals surface area (Å²) in [5, 5.41) is 3.29. The quantitative estimate of drug-likeness (QED) is 0.535. The maximum atomic E-state index is 14.9. The fourth-order valence-electron chi connectivity index (χ4n) is 2.81. The molecule has 0 saturated carbocycles. The highest BCUT2D eigenvalue weighted by atomic mass is 35.5. The summed E-state index contributed by atoms with van der Waals surface area (Å²) >= 11 is 5.98. The Hall–Kier alpha value is -3.32. The molecule has 0 aliphatic carbocycles. The zero-order valence-corrected chi connectivity index (χ0v) is 16.5. The van der Waals surface area contributed by atoms with Crippen molar-refractivity contribution >= 4 is 29.3 Å². The summed E-state index contributed by atoms with van der Waals surface area (Å²) in [6.45, 7) is 4.09. The van der Waals surface area contributed by atoms with Crippen LogP contribution in [0.15, 0.2) is 47.6 Å². The number of rotatable bonds is 7. The van der Waals surface area contributed by atoms with Gasteiger partial charge in [-0.2, -0.15) is 0 Å². The Morgan fingerprint density at radius 1 is 1.38 bits per heavy atom. The van der Waals surface area contributed by atoms with Crippen LogP contribution in [-0.2, 0) is 11.3 Å². The van der Waals surface area contributed by atoms with Crippen LogP contribution in [-0.4, -0.2) is 25.2 Å². The lowest BCUT2D eigenvalue weighted by Gasteiger charge is -2.15. The van der Waals surface area contributed by atoms with E-state index in [9.17, 15) is 9.18 Å². The van der Waals surface area contributed by atoms with Crippen LogP contribution < -0.4 is 10.1 Å². The van der Waals surface area contributed by atoms with Gasteiger partial charge in [-0.15, -0.1) is 0 Å². The number of aromatic nitrogens is 1. The first-order valence-corrected chi connectivity index (χ1v) is 8.92. The maximum Gasteiger partial charge on any atom is 0.357 e. The molecule has 0 spiro atoms. The molecule has 0 fully saturated rings. The molecule has 0 unspecified atom stereocenters. The molecule has 6 nitrogen and oxygen atoms in total. The predicted octanol–water partition coefficient (Wildman–Crippen LogP) is 5.18. The van der Waals surface area contributed by atoms with E-state index in [2.05, 4.69) is 16.9 Å².